The maximum atomic E-state index is 4.83. The van der Waals surface area contributed by atoms with Crippen LogP contribution < -0.4 is 0 Å². The molecule has 0 spiro atoms. The molecule has 0 amide bonds. The Hall–Kier alpha value is -0.520. The average molecular weight is 473 g/mol. The molecule has 2 fully saturated rings. The molecule has 0 radical (unpaired) electrons. The number of rotatable bonds is 4. The fourth-order valence-electron chi connectivity index (χ4n) is 9.43. The smallest absolute Gasteiger partial charge is 0.0149 e. The SMILES string of the molecule is C=C1CC(C)C2C(C)C(C(=C)C)C(C)C(C)C2(C)CC(C)(C)CC(CC)C1C(C)C(C)C.CC. The highest BCUT2D eigenvalue weighted by atomic mass is 14.6. The Bertz CT molecular complexity index is 666. The zero-order chi connectivity index (χ0) is 26.8. The van der Waals surface area contributed by atoms with E-state index in [1.54, 1.807) is 5.57 Å². The summed E-state index contributed by atoms with van der Waals surface area (Å²) in [5.74, 6) is 6.94. The Morgan fingerprint density at radius 3 is 1.97 bits per heavy atom. The lowest BCUT2D eigenvalue weighted by molar-refractivity contribution is -0.106. The van der Waals surface area contributed by atoms with E-state index in [9.17, 15) is 0 Å². The van der Waals surface area contributed by atoms with E-state index in [1.807, 2.05) is 13.8 Å². The Morgan fingerprint density at radius 2 is 1.53 bits per heavy atom. The van der Waals surface area contributed by atoms with Gasteiger partial charge in [-0.15, -0.1) is 0 Å². The van der Waals surface area contributed by atoms with E-state index in [1.165, 1.54) is 31.3 Å². The molecule has 34 heavy (non-hydrogen) atoms. The third kappa shape index (κ3) is 6.24. The van der Waals surface area contributed by atoms with Crippen molar-refractivity contribution in [3.8, 4) is 0 Å². The molecule has 0 aliphatic heterocycles. The quantitative estimate of drug-likeness (QED) is 0.357. The molecule has 0 N–H and O–H groups in total. The van der Waals surface area contributed by atoms with E-state index < -0.39 is 0 Å². The van der Waals surface area contributed by atoms with Crippen molar-refractivity contribution in [3.63, 3.8) is 0 Å². The molecule has 2 aliphatic rings. The molecule has 0 saturated heterocycles. The average Bonchev–Trinajstić information content (AvgIpc) is 2.71. The predicted octanol–water partition coefficient (Wildman–Crippen LogP) is 11.1. The molecule has 2 saturated carbocycles. The maximum absolute atomic E-state index is 4.83. The summed E-state index contributed by atoms with van der Waals surface area (Å²) in [5, 5.41) is 0. The van der Waals surface area contributed by atoms with Gasteiger partial charge < -0.3 is 0 Å². The molecule has 0 aromatic heterocycles. The van der Waals surface area contributed by atoms with Gasteiger partial charge in [-0.3, -0.25) is 0 Å². The van der Waals surface area contributed by atoms with Gasteiger partial charge in [0.2, 0.25) is 0 Å². The molecule has 2 rings (SSSR count). The van der Waals surface area contributed by atoms with Crippen molar-refractivity contribution in [1.82, 2.24) is 0 Å². The summed E-state index contributed by atoms with van der Waals surface area (Å²) in [6, 6.07) is 0. The normalized spacial score (nSPS) is 41.7. The molecule has 2 aliphatic carbocycles. The van der Waals surface area contributed by atoms with E-state index in [2.05, 4.69) is 89.7 Å². The molecule has 0 heteroatoms. The summed E-state index contributed by atoms with van der Waals surface area (Å²) in [6.07, 6.45) is 5.16. The first-order chi connectivity index (χ1) is 15.6. The van der Waals surface area contributed by atoms with Crippen LogP contribution in [0.1, 0.15) is 123 Å². The summed E-state index contributed by atoms with van der Waals surface area (Å²) in [5.41, 5.74) is 3.67. The van der Waals surface area contributed by atoms with Crippen molar-refractivity contribution < 1.29 is 0 Å². The van der Waals surface area contributed by atoms with Crippen LogP contribution in [0, 0.1) is 70.0 Å². The fourth-order valence-corrected chi connectivity index (χ4v) is 9.43. The van der Waals surface area contributed by atoms with Crippen molar-refractivity contribution in [3.05, 3.63) is 24.3 Å². The van der Waals surface area contributed by atoms with Crippen LogP contribution in [0.15, 0.2) is 24.3 Å². The van der Waals surface area contributed by atoms with Crippen molar-refractivity contribution in [1.29, 1.82) is 0 Å². The van der Waals surface area contributed by atoms with Gasteiger partial charge in [-0.25, -0.2) is 0 Å². The number of hydrogen-bond donors (Lipinski definition) is 0. The molecular weight excluding hydrogens is 408 g/mol. The lowest BCUT2D eigenvalue weighted by Gasteiger charge is -2.61. The first kappa shape index (κ1) is 31.5. The van der Waals surface area contributed by atoms with Crippen molar-refractivity contribution in [2.45, 2.75) is 123 Å². The van der Waals surface area contributed by atoms with Crippen LogP contribution in [0.25, 0.3) is 0 Å². The van der Waals surface area contributed by atoms with E-state index in [0.29, 0.717) is 58.2 Å². The summed E-state index contributed by atoms with van der Waals surface area (Å²) in [7, 11) is 0. The topological polar surface area (TPSA) is 0 Å². The van der Waals surface area contributed by atoms with Crippen LogP contribution >= 0.6 is 0 Å². The number of hydrogen-bond acceptors (Lipinski definition) is 0. The molecule has 0 heterocycles. The van der Waals surface area contributed by atoms with E-state index in [4.69, 9.17) is 6.58 Å². The van der Waals surface area contributed by atoms with Crippen molar-refractivity contribution >= 4 is 0 Å². The lowest BCUT2D eigenvalue weighted by Crippen LogP contribution is -2.54. The molecule has 10 atom stereocenters. The van der Waals surface area contributed by atoms with Gasteiger partial charge >= 0.3 is 0 Å². The van der Waals surface area contributed by atoms with Crippen molar-refractivity contribution in [2.75, 3.05) is 0 Å². The molecule has 200 valence electrons. The van der Waals surface area contributed by atoms with Crippen LogP contribution in [0.5, 0.6) is 0 Å². The van der Waals surface area contributed by atoms with Gasteiger partial charge in [0.1, 0.15) is 0 Å². The number of fused-ring (bicyclic) bond motifs is 1. The minimum absolute atomic E-state index is 0.351. The predicted molar refractivity (Wildman–Crippen MR) is 156 cm³/mol. The highest BCUT2D eigenvalue weighted by Gasteiger charge is 2.55. The third-order valence-corrected chi connectivity index (χ3v) is 10.9. The number of allylic oxidation sites excluding steroid dienone is 2. The Labute approximate surface area is 216 Å². The van der Waals surface area contributed by atoms with E-state index >= 15 is 0 Å². The fraction of sp³-hybridized carbons (Fsp3) is 0.882. The van der Waals surface area contributed by atoms with Gasteiger partial charge in [0.05, 0.1) is 0 Å². The summed E-state index contributed by atoms with van der Waals surface area (Å²) in [4.78, 5) is 0. The molecule has 0 aromatic rings. The molecule has 10 unspecified atom stereocenters. The van der Waals surface area contributed by atoms with E-state index in [-0.39, 0.29) is 0 Å². The Kier molecular flexibility index (Phi) is 11.3. The minimum Gasteiger partial charge on any atom is -0.0998 e. The van der Waals surface area contributed by atoms with Gasteiger partial charge in [0.25, 0.3) is 0 Å². The van der Waals surface area contributed by atoms with Crippen LogP contribution in [0.4, 0.5) is 0 Å². The van der Waals surface area contributed by atoms with Crippen molar-refractivity contribution in [2.24, 2.45) is 70.0 Å². The second-order valence-electron chi connectivity index (χ2n) is 14.1. The van der Waals surface area contributed by atoms with E-state index in [0.717, 1.165) is 11.8 Å². The summed E-state index contributed by atoms with van der Waals surface area (Å²) in [6.45, 7) is 43.4. The molecular formula is C34H64. The standard InChI is InChI=1S/C32H58.C2H6/c1-15-27-17-31(12,13)18-32(14)26(11)24(9)28(20(4)5)25(10)30(32)22(7)16-21(6)29(27)23(8)19(2)3;1-2/h19,22-30H,4,6,15-18H2,1-3,5,7-14H3;1-2H3. The van der Waals surface area contributed by atoms with Gasteiger partial charge in [-0.2, -0.15) is 0 Å². The van der Waals surface area contributed by atoms with Gasteiger partial charge in [-0.1, -0.05) is 121 Å². The second-order valence-corrected chi connectivity index (χ2v) is 14.1. The second kappa shape index (κ2) is 12.1. The molecule has 0 bridgehead atoms. The Balaban J connectivity index is 0.00000281. The summed E-state index contributed by atoms with van der Waals surface area (Å²) >= 11 is 0. The van der Waals surface area contributed by atoms with Gasteiger partial charge in [-0.05, 0) is 96.2 Å². The third-order valence-electron chi connectivity index (χ3n) is 10.9. The monoisotopic (exact) mass is 473 g/mol. The maximum Gasteiger partial charge on any atom is -0.0149 e. The zero-order valence-corrected chi connectivity index (χ0v) is 26.0. The van der Waals surface area contributed by atoms with Crippen LogP contribution in [0.2, 0.25) is 0 Å². The first-order valence-electron chi connectivity index (χ1n) is 14.9. The van der Waals surface area contributed by atoms with Crippen LogP contribution in [-0.4, -0.2) is 0 Å². The van der Waals surface area contributed by atoms with Crippen LogP contribution in [0.3, 0.4) is 0 Å². The molecule has 0 aromatic carbocycles. The lowest BCUT2D eigenvalue weighted by atomic mass is 9.44. The van der Waals surface area contributed by atoms with Gasteiger partial charge in [0.15, 0.2) is 0 Å². The van der Waals surface area contributed by atoms with Gasteiger partial charge in [0, 0.05) is 0 Å². The molecule has 0 nitrogen and oxygen atoms in total. The largest absolute Gasteiger partial charge is 0.0998 e. The highest BCUT2D eigenvalue weighted by Crippen LogP contribution is 2.62. The van der Waals surface area contributed by atoms with Crippen LogP contribution in [-0.2, 0) is 0 Å². The summed E-state index contributed by atoms with van der Waals surface area (Å²) < 4.78 is 0. The highest BCUT2D eigenvalue weighted by molar-refractivity contribution is 5.14. The first-order valence-corrected chi connectivity index (χ1v) is 14.9. The minimum atomic E-state index is 0.351. The zero-order valence-electron chi connectivity index (χ0n) is 26.0. The Morgan fingerprint density at radius 1 is 1.00 bits per heavy atom.